The van der Waals surface area contributed by atoms with E-state index in [1.54, 1.807) is 11.3 Å². The first kappa shape index (κ1) is 19.3. The first-order valence-corrected chi connectivity index (χ1v) is 10.0. The number of amides is 1. The Morgan fingerprint density at radius 3 is 2.58 bits per heavy atom. The molecular formula is C18H32N4OS. The molecule has 0 unspecified atom stereocenters. The van der Waals surface area contributed by atoms with Crippen LogP contribution in [0.2, 0.25) is 0 Å². The monoisotopic (exact) mass is 352 g/mol. The zero-order valence-corrected chi connectivity index (χ0v) is 16.1. The Morgan fingerprint density at radius 2 is 2.08 bits per heavy atom. The van der Waals surface area contributed by atoms with Crippen molar-refractivity contribution < 1.29 is 4.79 Å². The highest BCUT2D eigenvalue weighted by Crippen LogP contribution is 2.25. The van der Waals surface area contributed by atoms with Crippen molar-refractivity contribution in [1.29, 1.82) is 0 Å². The molecule has 0 saturated carbocycles. The number of hydrogen-bond donors (Lipinski definition) is 2. The molecule has 1 aliphatic rings. The number of carbonyl (C=O) groups excluding carboxylic acids is 1. The Morgan fingerprint density at radius 1 is 1.42 bits per heavy atom. The fourth-order valence-electron chi connectivity index (χ4n) is 3.44. The molecule has 1 saturated heterocycles. The van der Waals surface area contributed by atoms with E-state index in [0.29, 0.717) is 12.5 Å². The Bertz CT molecular complexity index is 511. The van der Waals surface area contributed by atoms with Gasteiger partial charge in [0.25, 0.3) is 0 Å². The standard InChI is InChI=1S/C18H32N4OS/c1-4-18(5-2,13-19)17(23)20-10-15-6-8-22(9-7-15)11-16-12-24-14(3)21-16/h12,15H,4-11,13,19H2,1-3H3,(H,20,23). The summed E-state index contributed by atoms with van der Waals surface area (Å²) in [5.41, 5.74) is 6.66. The molecule has 136 valence electrons. The third-order valence-corrected chi connectivity index (χ3v) is 6.36. The fourth-order valence-corrected chi connectivity index (χ4v) is 4.04. The number of carbonyl (C=O) groups is 1. The zero-order valence-electron chi connectivity index (χ0n) is 15.3. The number of aromatic nitrogens is 1. The highest BCUT2D eigenvalue weighted by molar-refractivity contribution is 7.09. The normalized spacial score (nSPS) is 17.2. The van der Waals surface area contributed by atoms with E-state index in [4.69, 9.17) is 5.73 Å². The Kier molecular flexibility index (Phi) is 7.19. The van der Waals surface area contributed by atoms with E-state index < -0.39 is 0 Å². The van der Waals surface area contributed by atoms with Gasteiger partial charge in [0.15, 0.2) is 0 Å². The quantitative estimate of drug-likeness (QED) is 0.754. The van der Waals surface area contributed by atoms with Crippen molar-refractivity contribution in [3.8, 4) is 0 Å². The lowest BCUT2D eigenvalue weighted by molar-refractivity contribution is -0.131. The van der Waals surface area contributed by atoms with Gasteiger partial charge in [-0.15, -0.1) is 11.3 Å². The lowest BCUT2D eigenvalue weighted by Gasteiger charge is -2.33. The molecule has 0 atom stereocenters. The van der Waals surface area contributed by atoms with Crippen LogP contribution in [-0.2, 0) is 11.3 Å². The van der Waals surface area contributed by atoms with Crippen LogP contribution in [-0.4, -0.2) is 42.0 Å². The van der Waals surface area contributed by atoms with Crippen molar-refractivity contribution in [2.45, 2.75) is 53.0 Å². The number of nitrogens with zero attached hydrogens (tertiary/aromatic N) is 2. The van der Waals surface area contributed by atoms with Crippen molar-refractivity contribution in [3.63, 3.8) is 0 Å². The van der Waals surface area contributed by atoms with Gasteiger partial charge in [0, 0.05) is 25.0 Å². The molecular weight excluding hydrogens is 320 g/mol. The molecule has 1 aliphatic heterocycles. The van der Waals surface area contributed by atoms with E-state index in [-0.39, 0.29) is 11.3 Å². The molecule has 1 aromatic rings. The van der Waals surface area contributed by atoms with Crippen molar-refractivity contribution in [2.75, 3.05) is 26.2 Å². The molecule has 3 N–H and O–H groups in total. The van der Waals surface area contributed by atoms with E-state index in [2.05, 4.69) is 41.4 Å². The first-order valence-electron chi connectivity index (χ1n) is 9.14. The molecule has 0 aromatic carbocycles. The van der Waals surface area contributed by atoms with Crippen LogP contribution in [0.1, 0.15) is 50.2 Å². The van der Waals surface area contributed by atoms with E-state index in [1.165, 1.54) is 5.69 Å². The molecule has 1 aromatic heterocycles. The second-order valence-corrected chi connectivity index (χ2v) is 8.04. The summed E-state index contributed by atoms with van der Waals surface area (Å²) in [6.07, 6.45) is 3.88. The van der Waals surface area contributed by atoms with Crippen LogP contribution < -0.4 is 11.1 Å². The Balaban J connectivity index is 1.74. The second-order valence-electron chi connectivity index (χ2n) is 6.98. The van der Waals surface area contributed by atoms with Crippen LogP contribution in [0.3, 0.4) is 0 Å². The Labute approximate surface area is 150 Å². The first-order chi connectivity index (χ1) is 11.5. The van der Waals surface area contributed by atoms with Gasteiger partial charge in [-0.25, -0.2) is 4.98 Å². The predicted octanol–water partition coefficient (Wildman–Crippen LogP) is 2.54. The van der Waals surface area contributed by atoms with Crippen LogP contribution in [0.25, 0.3) is 0 Å². The average Bonchev–Trinajstić information content (AvgIpc) is 3.01. The van der Waals surface area contributed by atoms with E-state index in [1.807, 2.05) is 0 Å². The lowest BCUT2D eigenvalue weighted by atomic mass is 9.81. The third-order valence-electron chi connectivity index (χ3n) is 5.54. The molecule has 1 fully saturated rings. The predicted molar refractivity (Wildman–Crippen MR) is 99.9 cm³/mol. The molecule has 6 heteroatoms. The van der Waals surface area contributed by atoms with Crippen LogP contribution in [0.4, 0.5) is 0 Å². The van der Waals surface area contributed by atoms with E-state index >= 15 is 0 Å². The number of thiazole rings is 1. The minimum atomic E-state index is -0.386. The number of nitrogens with one attached hydrogen (secondary N) is 1. The van der Waals surface area contributed by atoms with Crippen molar-refractivity contribution >= 4 is 17.2 Å². The van der Waals surface area contributed by atoms with Crippen molar-refractivity contribution in [1.82, 2.24) is 15.2 Å². The van der Waals surface area contributed by atoms with Gasteiger partial charge in [0.05, 0.1) is 16.1 Å². The van der Waals surface area contributed by atoms with Crippen molar-refractivity contribution in [2.24, 2.45) is 17.1 Å². The van der Waals surface area contributed by atoms with Gasteiger partial charge >= 0.3 is 0 Å². The number of hydrogen-bond acceptors (Lipinski definition) is 5. The largest absolute Gasteiger partial charge is 0.355 e. The molecule has 0 bridgehead atoms. The van der Waals surface area contributed by atoms with Gasteiger partial charge in [-0.1, -0.05) is 13.8 Å². The van der Waals surface area contributed by atoms with Crippen molar-refractivity contribution in [3.05, 3.63) is 16.1 Å². The average molecular weight is 353 g/mol. The number of likely N-dealkylation sites (tertiary alicyclic amines) is 1. The summed E-state index contributed by atoms with van der Waals surface area (Å²) in [7, 11) is 0. The van der Waals surface area contributed by atoms with Gasteiger partial charge in [-0.3, -0.25) is 9.69 Å². The van der Waals surface area contributed by atoms with E-state index in [0.717, 1.165) is 56.9 Å². The summed E-state index contributed by atoms with van der Waals surface area (Å²) in [5, 5.41) is 6.46. The minimum absolute atomic E-state index is 0.135. The molecule has 2 rings (SSSR count). The summed E-state index contributed by atoms with van der Waals surface area (Å²) in [6, 6.07) is 0. The number of rotatable bonds is 8. The maximum atomic E-state index is 12.5. The number of nitrogens with two attached hydrogens (primary N) is 1. The number of piperidine rings is 1. The summed E-state index contributed by atoms with van der Waals surface area (Å²) >= 11 is 1.72. The van der Waals surface area contributed by atoms with Gasteiger partial charge in [0.1, 0.15) is 0 Å². The highest BCUT2D eigenvalue weighted by atomic mass is 32.1. The van der Waals surface area contributed by atoms with E-state index in [9.17, 15) is 4.79 Å². The van der Waals surface area contributed by atoms with Crippen LogP contribution in [0, 0.1) is 18.3 Å². The molecule has 0 radical (unpaired) electrons. The summed E-state index contributed by atoms with van der Waals surface area (Å²) < 4.78 is 0. The van der Waals surface area contributed by atoms with Crippen LogP contribution >= 0.6 is 11.3 Å². The maximum absolute atomic E-state index is 12.5. The molecule has 0 aliphatic carbocycles. The number of aryl methyl sites for hydroxylation is 1. The fraction of sp³-hybridized carbons (Fsp3) is 0.778. The third kappa shape index (κ3) is 4.77. The SMILES string of the molecule is CCC(CC)(CN)C(=O)NCC1CCN(Cc2csc(C)n2)CC1. The smallest absolute Gasteiger partial charge is 0.227 e. The van der Waals surface area contributed by atoms with Gasteiger partial charge in [-0.05, 0) is 51.6 Å². The van der Waals surface area contributed by atoms with Gasteiger partial charge in [-0.2, -0.15) is 0 Å². The van der Waals surface area contributed by atoms with Gasteiger partial charge in [0.2, 0.25) is 5.91 Å². The summed E-state index contributed by atoms with van der Waals surface area (Å²) in [4.78, 5) is 19.5. The molecule has 24 heavy (non-hydrogen) atoms. The summed E-state index contributed by atoms with van der Waals surface area (Å²) in [6.45, 7) is 10.5. The molecule has 1 amide bonds. The second kappa shape index (κ2) is 8.92. The zero-order chi connectivity index (χ0) is 17.6. The maximum Gasteiger partial charge on any atom is 0.227 e. The molecule has 5 nitrogen and oxygen atoms in total. The van der Waals surface area contributed by atoms with Crippen LogP contribution in [0.15, 0.2) is 5.38 Å². The highest BCUT2D eigenvalue weighted by Gasteiger charge is 2.33. The summed E-state index contributed by atoms with van der Waals surface area (Å²) in [5.74, 6) is 0.710. The topological polar surface area (TPSA) is 71.2 Å². The molecule has 2 heterocycles. The van der Waals surface area contributed by atoms with Gasteiger partial charge < -0.3 is 11.1 Å². The Hall–Kier alpha value is -0.980. The van der Waals surface area contributed by atoms with Crippen LogP contribution in [0.5, 0.6) is 0 Å². The lowest BCUT2D eigenvalue weighted by Crippen LogP contribution is -2.47. The minimum Gasteiger partial charge on any atom is -0.355 e. The molecule has 0 spiro atoms.